The van der Waals surface area contributed by atoms with Crippen LogP contribution in [-0.4, -0.2) is 47.6 Å². The van der Waals surface area contributed by atoms with Gasteiger partial charge in [0.15, 0.2) is 0 Å². The molecule has 0 saturated heterocycles. The number of amides is 1. The monoisotopic (exact) mass is 631 g/mol. The summed E-state index contributed by atoms with van der Waals surface area (Å²) >= 11 is 0. The SMILES string of the molecule is CC(=O)NC(CO)(CCc1ccc(OCCCc2ccccc2)c(C(F)(F)F)c1)COP(=O)(OC(C)(C)C)OC(C)(C)C. The Bertz CT molecular complexity index is 1210. The lowest BCUT2D eigenvalue weighted by Gasteiger charge is -2.36. The first-order valence-corrected chi connectivity index (χ1v) is 15.6. The van der Waals surface area contributed by atoms with Crippen molar-refractivity contribution in [3.05, 3.63) is 65.2 Å². The van der Waals surface area contributed by atoms with Gasteiger partial charge in [-0.05, 0) is 90.5 Å². The predicted octanol–water partition coefficient (Wildman–Crippen LogP) is 7.27. The van der Waals surface area contributed by atoms with Crippen molar-refractivity contribution >= 4 is 13.7 Å². The van der Waals surface area contributed by atoms with Crippen LogP contribution in [0.3, 0.4) is 0 Å². The van der Waals surface area contributed by atoms with Crippen LogP contribution >= 0.6 is 7.82 Å². The molecule has 0 fully saturated rings. The molecule has 242 valence electrons. The molecule has 2 rings (SSSR count). The zero-order valence-electron chi connectivity index (χ0n) is 26.0. The van der Waals surface area contributed by atoms with Crippen LogP contribution in [0.2, 0.25) is 0 Å². The first-order chi connectivity index (χ1) is 19.7. The number of carbonyl (C=O) groups excluding carboxylic acids is 1. The lowest BCUT2D eigenvalue weighted by atomic mass is 9.92. The van der Waals surface area contributed by atoms with Gasteiger partial charge < -0.3 is 15.2 Å². The maximum absolute atomic E-state index is 14.0. The highest BCUT2D eigenvalue weighted by molar-refractivity contribution is 7.48. The van der Waals surface area contributed by atoms with Crippen molar-refractivity contribution in [1.29, 1.82) is 0 Å². The van der Waals surface area contributed by atoms with Crippen LogP contribution < -0.4 is 10.1 Å². The molecule has 0 bridgehead atoms. The lowest BCUT2D eigenvalue weighted by Crippen LogP contribution is -2.54. The third-order valence-corrected chi connectivity index (χ3v) is 7.95. The van der Waals surface area contributed by atoms with E-state index in [1.165, 1.54) is 19.1 Å². The molecule has 0 aliphatic heterocycles. The summed E-state index contributed by atoms with van der Waals surface area (Å²) < 4.78 is 77.9. The number of alkyl halides is 3. The van der Waals surface area contributed by atoms with Crippen molar-refractivity contribution in [3.63, 3.8) is 0 Å². The number of carbonyl (C=O) groups is 1. The molecule has 1 atom stereocenters. The van der Waals surface area contributed by atoms with Gasteiger partial charge in [0.05, 0.1) is 42.1 Å². The number of aliphatic hydroxyl groups is 1. The number of hydrogen-bond acceptors (Lipinski definition) is 7. The average molecular weight is 632 g/mol. The standard InChI is InChI=1S/C31H45F3NO7P/c1-23(37)35-30(21-36,22-40-43(38,41-28(2,3)4)42-29(5,6)7)18-17-25-15-16-27(26(20-25)31(32,33)34)39-19-11-14-24-12-9-8-10-13-24/h8-10,12-13,15-16,20,36H,11,14,17-19,21-22H2,1-7H3,(H,35,37). The van der Waals surface area contributed by atoms with Gasteiger partial charge in [-0.1, -0.05) is 36.4 Å². The quantitative estimate of drug-likeness (QED) is 0.157. The molecule has 12 heteroatoms. The summed E-state index contributed by atoms with van der Waals surface area (Å²) in [5.41, 5.74) is -2.88. The number of phosphoric acid groups is 1. The zero-order valence-corrected chi connectivity index (χ0v) is 26.9. The van der Waals surface area contributed by atoms with Crippen molar-refractivity contribution in [2.75, 3.05) is 19.8 Å². The van der Waals surface area contributed by atoms with E-state index in [-0.39, 0.29) is 25.2 Å². The van der Waals surface area contributed by atoms with Gasteiger partial charge >= 0.3 is 14.0 Å². The Morgan fingerprint density at radius 3 is 2.02 bits per heavy atom. The summed E-state index contributed by atoms with van der Waals surface area (Å²) in [6.07, 6.45) is -3.47. The highest BCUT2D eigenvalue weighted by Crippen LogP contribution is 2.55. The summed E-state index contributed by atoms with van der Waals surface area (Å²) in [7, 11) is -4.21. The van der Waals surface area contributed by atoms with Crippen molar-refractivity contribution in [1.82, 2.24) is 5.32 Å². The number of aryl methyl sites for hydroxylation is 2. The Balaban J connectivity index is 2.22. The average Bonchev–Trinajstić information content (AvgIpc) is 2.86. The molecule has 0 saturated carbocycles. The molecule has 2 aromatic rings. The third kappa shape index (κ3) is 13.4. The van der Waals surface area contributed by atoms with E-state index in [0.29, 0.717) is 18.4 Å². The molecule has 43 heavy (non-hydrogen) atoms. The number of phosphoric ester groups is 1. The number of ether oxygens (including phenoxy) is 1. The maximum Gasteiger partial charge on any atom is 0.475 e. The van der Waals surface area contributed by atoms with Crippen LogP contribution in [0, 0.1) is 0 Å². The molecule has 2 aromatic carbocycles. The molecule has 0 heterocycles. The van der Waals surface area contributed by atoms with E-state index >= 15 is 0 Å². The van der Waals surface area contributed by atoms with Gasteiger partial charge in [0.25, 0.3) is 0 Å². The number of aliphatic hydroxyl groups excluding tert-OH is 1. The number of halogens is 3. The molecule has 0 spiro atoms. The van der Waals surface area contributed by atoms with E-state index in [9.17, 15) is 27.6 Å². The molecule has 1 unspecified atom stereocenters. The smallest absolute Gasteiger partial charge is 0.475 e. The molecule has 8 nitrogen and oxygen atoms in total. The van der Waals surface area contributed by atoms with E-state index in [4.69, 9.17) is 18.3 Å². The number of rotatable bonds is 15. The van der Waals surface area contributed by atoms with Gasteiger partial charge in [-0.25, -0.2) is 4.57 Å². The maximum atomic E-state index is 14.0. The molecule has 2 N–H and O–H groups in total. The van der Waals surface area contributed by atoms with Crippen molar-refractivity contribution in [2.45, 2.75) is 97.1 Å². The fraction of sp³-hybridized carbons (Fsp3) is 0.581. The van der Waals surface area contributed by atoms with Gasteiger partial charge in [-0.15, -0.1) is 0 Å². The van der Waals surface area contributed by atoms with Gasteiger partial charge in [0.2, 0.25) is 5.91 Å². The van der Waals surface area contributed by atoms with Gasteiger partial charge in [0, 0.05) is 6.92 Å². The second-order valence-electron chi connectivity index (χ2n) is 12.5. The van der Waals surface area contributed by atoms with Crippen molar-refractivity contribution < 1.29 is 45.9 Å². The van der Waals surface area contributed by atoms with Crippen LogP contribution in [0.25, 0.3) is 0 Å². The Morgan fingerprint density at radius 2 is 1.51 bits per heavy atom. The van der Waals surface area contributed by atoms with Crippen LogP contribution in [0.5, 0.6) is 5.75 Å². The normalized spacial score (nSPS) is 14.3. The molecular weight excluding hydrogens is 586 g/mol. The minimum absolute atomic E-state index is 0.0200. The summed E-state index contributed by atoms with van der Waals surface area (Å²) in [4.78, 5) is 12.1. The highest BCUT2D eigenvalue weighted by Gasteiger charge is 2.41. The second-order valence-corrected chi connectivity index (χ2v) is 14.0. The minimum Gasteiger partial charge on any atom is -0.493 e. The zero-order chi connectivity index (χ0) is 32.5. The summed E-state index contributed by atoms with van der Waals surface area (Å²) in [5, 5.41) is 13.0. The summed E-state index contributed by atoms with van der Waals surface area (Å²) in [6.45, 7) is 10.2. The van der Waals surface area contributed by atoms with E-state index in [2.05, 4.69) is 5.32 Å². The van der Waals surface area contributed by atoms with E-state index in [1.54, 1.807) is 41.5 Å². The highest BCUT2D eigenvalue weighted by atomic mass is 31.2. The molecular formula is C31H45F3NO7P. The first kappa shape index (κ1) is 36.8. The van der Waals surface area contributed by atoms with Gasteiger partial charge in [0.1, 0.15) is 5.75 Å². The Labute approximate surface area is 252 Å². The lowest BCUT2D eigenvalue weighted by molar-refractivity contribution is -0.139. The van der Waals surface area contributed by atoms with Crippen LogP contribution in [-0.2, 0) is 41.9 Å². The second kappa shape index (κ2) is 15.0. The molecule has 1 amide bonds. The summed E-state index contributed by atoms with van der Waals surface area (Å²) in [5.74, 6) is -0.793. The Hall–Kier alpha value is -2.43. The minimum atomic E-state index is -4.67. The van der Waals surface area contributed by atoms with Crippen molar-refractivity contribution in [2.24, 2.45) is 0 Å². The topological polar surface area (TPSA) is 103 Å². The number of hydrogen-bond donors (Lipinski definition) is 2. The summed E-state index contributed by atoms with van der Waals surface area (Å²) in [6, 6.07) is 13.4. The Morgan fingerprint density at radius 1 is 0.907 bits per heavy atom. The third-order valence-electron chi connectivity index (χ3n) is 5.97. The molecule has 0 aliphatic carbocycles. The fourth-order valence-electron chi connectivity index (χ4n) is 4.22. The van der Waals surface area contributed by atoms with E-state index < -0.39 is 55.4 Å². The number of nitrogens with one attached hydrogen (secondary N) is 1. The largest absolute Gasteiger partial charge is 0.493 e. The van der Waals surface area contributed by atoms with Crippen LogP contribution in [0.4, 0.5) is 13.2 Å². The molecule has 0 aliphatic rings. The van der Waals surface area contributed by atoms with E-state index in [1.807, 2.05) is 30.3 Å². The van der Waals surface area contributed by atoms with Gasteiger partial charge in [-0.2, -0.15) is 13.2 Å². The number of benzene rings is 2. The molecule has 0 radical (unpaired) electrons. The predicted molar refractivity (Wildman–Crippen MR) is 159 cm³/mol. The van der Waals surface area contributed by atoms with Crippen molar-refractivity contribution in [3.8, 4) is 5.75 Å². The van der Waals surface area contributed by atoms with E-state index in [0.717, 1.165) is 11.6 Å². The van der Waals surface area contributed by atoms with Crippen LogP contribution in [0.15, 0.2) is 48.5 Å². The van der Waals surface area contributed by atoms with Gasteiger partial charge in [-0.3, -0.25) is 18.4 Å². The van der Waals surface area contributed by atoms with Crippen LogP contribution in [0.1, 0.15) is 78.0 Å². The fourth-order valence-corrected chi connectivity index (χ4v) is 6.11. The Kier molecular flexibility index (Phi) is 12.9. The molecule has 0 aromatic heterocycles. The first-order valence-electron chi connectivity index (χ1n) is 14.2.